The van der Waals surface area contributed by atoms with Gasteiger partial charge in [0.05, 0.1) is 25.0 Å². The van der Waals surface area contributed by atoms with E-state index < -0.39 is 28.4 Å². The van der Waals surface area contributed by atoms with E-state index in [4.69, 9.17) is 18.7 Å². The number of methoxy groups -OCH3 is 2. The molecule has 3 atom stereocenters. The second-order valence-electron chi connectivity index (χ2n) is 12.7. The molecule has 1 amide bonds. The van der Waals surface area contributed by atoms with E-state index in [2.05, 4.69) is 10.5 Å². The number of carbonyl (C=O) groups is 3. The van der Waals surface area contributed by atoms with Gasteiger partial charge in [-0.3, -0.25) is 9.59 Å². The normalized spacial score (nSPS) is 28.0. The van der Waals surface area contributed by atoms with Gasteiger partial charge < -0.3 is 24.1 Å². The van der Waals surface area contributed by atoms with E-state index in [-0.39, 0.29) is 18.3 Å². The average molecular weight is 539 g/mol. The lowest BCUT2D eigenvalue weighted by atomic mass is 9.44. The Labute approximate surface area is 228 Å². The molecule has 4 aliphatic rings. The molecule has 1 N–H and O–H groups in total. The molecule has 3 unspecified atom stereocenters. The van der Waals surface area contributed by atoms with Crippen molar-refractivity contribution >= 4 is 17.8 Å². The first-order valence-corrected chi connectivity index (χ1v) is 13.7. The standard InChI is InChI=1S/C30H38N2O7/c1-28(2,3)38-25(33)24(12-22-11-23(32-39-22)20-6-8-21(36-4)9-7-20)31-26(34)29-13-18-10-19(14-29)16-30(15-18,17-29)27(35)37-5/h6-9,11,18-19,24H,10,12-17H2,1-5H3,(H,31,34). The third-order valence-electron chi connectivity index (χ3n) is 8.51. The van der Waals surface area contributed by atoms with Crippen molar-refractivity contribution in [2.75, 3.05) is 14.2 Å². The Balaban J connectivity index is 1.37. The molecule has 39 heavy (non-hydrogen) atoms. The molecule has 210 valence electrons. The van der Waals surface area contributed by atoms with Gasteiger partial charge in [-0.1, -0.05) is 5.16 Å². The van der Waals surface area contributed by atoms with Crippen molar-refractivity contribution < 1.29 is 33.1 Å². The van der Waals surface area contributed by atoms with Crippen molar-refractivity contribution in [1.82, 2.24) is 10.5 Å². The summed E-state index contributed by atoms with van der Waals surface area (Å²) in [5.41, 5.74) is -0.594. The molecule has 0 aliphatic heterocycles. The smallest absolute Gasteiger partial charge is 0.329 e. The van der Waals surface area contributed by atoms with E-state index in [0.717, 1.165) is 43.4 Å². The third kappa shape index (κ3) is 5.40. The molecule has 0 saturated heterocycles. The van der Waals surface area contributed by atoms with Crippen molar-refractivity contribution in [3.63, 3.8) is 0 Å². The van der Waals surface area contributed by atoms with E-state index in [1.165, 1.54) is 7.11 Å². The summed E-state index contributed by atoms with van der Waals surface area (Å²) in [5, 5.41) is 7.18. The van der Waals surface area contributed by atoms with Gasteiger partial charge in [-0.2, -0.15) is 0 Å². The largest absolute Gasteiger partial charge is 0.497 e. The highest BCUT2D eigenvalue weighted by molar-refractivity contribution is 5.90. The fraction of sp³-hybridized carbons (Fsp3) is 0.600. The molecule has 1 aromatic heterocycles. The molecule has 6 rings (SSSR count). The summed E-state index contributed by atoms with van der Waals surface area (Å²) in [6.45, 7) is 5.37. The highest BCUT2D eigenvalue weighted by Gasteiger charge is 2.63. The van der Waals surface area contributed by atoms with Crippen LogP contribution >= 0.6 is 0 Å². The first-order chi connectivity index (χ1) is 18.4. The molecule has 2 aromatic rings. The number of esters is 2. The van der Waals surface area contributed by atoms with Crippen molar-refractivity contribution in [1.29, 1.82) is 0 Å². The number of aromatic nitrogens is 1. The van der Waals surface area contributed by atoms with Gasteiger partial charge in [-0.15, -0.1) is 0 Å². The molecule has 9 heteroatoms. The summed E-state index contributed by atoms with van der Waals surface area (Å²) in [6, 6.07) is 8.22. The zero-order valence-corrected chi connectivity index (χ0v) is 23.4. The first-order valence-electron chi connectivity index (χ1n) is 13.7. The van der Waals surface area contributed by atoms with Crippen LogP contribution in [-0.4, -0.2) is 48.9 Å². The molecule has 4 bridgehead atoms. The van der Waals surface area contributed by atoms with Crippen LogP contribution in [0.2, 0.25) is 0 Å². The van der Waals surface area contributed by atoms with E-state index in [1.54, 1.807) is 33.9 Å². The Hall–Kier alpha value is -3.36. The first kappa shape index (κ1) is 27.2. The zero-order valence-electron chi connectivity index (χ0n) is 23.4. The van der Waals surface area contributed by atoms with Crippen molar-refractivity contribution in [2.45, 2.75) is 77.4 Å². The summed E-state index contributed by atoms with van der Waals surface area (Å²) in [6.07, 6.45) is 4.57. The van der Waals surface area contributed by atoms with Crippen LogP contribution in [0.25, 0.3) is 11.3 Å². The Morgan fingerprint density at radius 1 is 1.05 bits per heavy atom. The van der Waals surface area contributed by atoms with Gasteiger partial charge in [0.1, 0.15) is 28.8 Å². The van der Waals surface area contributed by atoms with Gasteiger partial charge in [-0.25, -0.2) is 4.79 Å². The van der Waals surface area contributed by atoms with Crippen LogP contribution in [0.3, 0.4) is 0 Å². The maximum atomic E-state index is 14.0. The number of nitrogens with zero attached hydrogens (tertiary/aromatic N) is 1. The number of ether oxygens (including phenoxy) is 3. The lowest BCUT2D eigenvalue weighted by molar-refractivity contribution is -0.183. The molecule has 0 spiro atoms. The van der Waals surface area contributed by atoms with E-state index in [0.29, 0.717) is 29.7 Å². The summed E-state index contributed by atoms with van der Waals surface area (Å²) in [5.74, 6) is 0.837. The van der Waals surface area contributed by atoms with Gasteiger partial charge in [0.2, 0.25) is 5.91 Å². The van der Waals surface area contributed by atoms with Crippen molar-refractivity contribution in [2.24, 2.45) is 22.7 Å². The van der Waals surface area contributed by atoms with Crippen molar-refractivity contribution in [3.05, 3.63) is 36.1 Å². The fourth-order valence-corrected chi connectivity index (χ4v) is 7.37. The minimum Gasteiger partial charge on any atom is -0.497 e. The SMILES string of the molecule is COC(=O)C12CC3CC(CC(C(=O)NC(Cc4cc(-c5ccc(OC)cc5)no4)C(=O)OC(C)(C)C)(C3)C1)C2. The van der Waals surface area contributed by atoms with Crippen LogP contribution in [0.4, 0.5) is 0 Å². The molecule has 9 nitrogen and oxygen atoms in total. The Bertz CT molecular complexity index is 1230. The molecular weight excluding hydrogens is 500 g/mol. The number of carbonyl (C=O) groups excluding carboxylic acids is 3. The van der Waals surface area contributed by atoms with E-state index in [9.17, 15) is 14.4 Å². The summed E-state index contributed by atoms with van der Waals surface area (Å²) in [4.78, 5) is 40.1. The second kappa shape index (κ2) is 9.99. The number of nitrogens with one attached hydrogen (secondary N) is 1. The van der Waals surface area contributed by atoms with Crippen LogP contribution in [0, 0.1) is 22.7 Å². The minimum absolute atomic E-state index is 0.0922. The number of benzene rings is 1. The van der Waals surface area contributed by atoms with Crippen LogP contribution < -0.4 is 10.1 Å². The molecule has 1 aromatic carbocycles. The predicted octanol–water partition coefficient (Wildman–Crippen LogP) is 4.48. The Morgan fingerprint density at radius 2 is 1.69 bits per heavy atom. The predicted molar refractivity (Wildman–Crippen MR) is 142 cm³/mol. The quantitative estimate of drug-likeness (QED) is 0.489. The average Bonchev–Trinajstić information content (AvgIpc) is 3.34. The summed E-state index contributed by atoms with van der Waals surface area (Å²) < 4.78 is 21.7. The highest BCUT2D eigenvalue weighted by Crippen LogP contribution is 2.65. The number of amides is 1. The minimum atomic E-state index is -0.963. The molecule has 4 aliphatic carbocycles. The fourth-order valence-electron chi connectivity index (χ4n) is 7.37. The molecular formula is C30H38N2O7. The number of hydrogen-bond acceptors (Lipinski definition) is 8. The van der Waals surface area contributed by atoms with Gasteiger partial charge >= 0.3 is 11.9 Å². The summed E-state index contributed by atoms with van der Waals surface area (Å²) >= 11 is 0. The molecule has 4 fully saturated rings. The maximum Gasteiger partial charge on any atom is 0.329 e. The topological polar surface area (TPSA) is 117 Å². The van der Waals surface area contributed by atoms with Crippen LogP contribution in [-0.2, 0) is 30.3 Å². The molecule has 0 radical (unpaired) electrons. The summed E-state index contributed by atoms with van der Waals surface area (Å²) in [7, 11) is 3.02. The van der Waals surface area contributed by atoms with E-state index >= 15 is 0 Å². The van der Waals surface area contributed by atoms with Gasteiger partial charge in [0, 0.05) is 18.1 Å². The highest BCUT2D eigenvalue weighted by atomic mass is 16.6. The van der Waals surface area contributed by atoms with E-state index in [1.807, 2.05) is 24.3 Å². The second-order valence-corrected chi connectivity index (χ2v) is 12.7. The maximum absolute atomic E-state index is 14.0. The van der Waals surface area contributed by atoms with Gasteiger partial charge in [0.25, 0.3) is 0 Å². The lowest BCUT2D eigenvalue weighted by Crippen LogP contribution is -2.61. The lowest BCUT2D eigenvalue weighted by Gasteiger charge is -2.59. The monoisotopic (exact) mass is 538 g/mol. The van der Waals surface area contributed by atoms with Gasteiger partial charge in [0.15, 0.2) is 0 Å². The van der Waals surface area contributed by atoms with Gasteiger partial charge in [-0.05, 0) is 95.4 Å². The van der Waals surface area contributed by atoms with Crippen LogP contribution in [0.1, 0.15) is 65.1 Å². The number of rotatable bonds is 8. The van der Waals surface area contributed by atoms with Crippen molar-refractivity contribution in [3.8, 4) is 17.0 Å². The molecule has 4 saturated carbocycles. The van der Waals surface area contributed by atoms with Crippen LogP contribution in [0.5, 0.6) is 5.75 Å². The molecule has 1 heterocycles. The third-order valence-corrected chi connectivity index (χ3v) is 8.51. The number of hydrogen-bond donors (Lipinski definition) is 1. The Kier molecular flexibility index (Phi) is 6.97. The van der Waals surface area contributed by atoms with Crippen LogP contribution in [0.15, 0.2) is 34.9 Å². The zero-order chi connectivity index (χ0) is 28.0. The Morgan fingerprint density at radius 3 is 2.28 bits per heavy atom.